The van der Waals surface area contributed by atoms with Gasteiger partial charge in [0.15, 0.2) is 5.78 Å². The van der Waals surface area contributed by atoms with Crippen LogP contribution in [0.4, 0.5) is 0 Å². The van der Waals surface area contributed by atoms with Crippen LogP contribution in [0.2, 0.25) is 0 Å². The summed E-state index contributed by atoms with van der Waals surface area (Å²) >= 11 is 0. The number of hydrogen-bond acceptors (Lipinski definition) is 4. The van der Waals surface area contributed by atoms with Gasteiger partial charge in [0.25, 0.3) is 0 Å². The van der Waals surface area contributed by atoms with E-state index in [0.29, 0.717) is 5.56 Å². The van der Waals surface area contributed by atoms with E-state index in [9.17, 15) is 18.0 Å². The molecule has 0 bridgehead atoms. The molecule has 0 unspecified atom stereocenters. The standard InChI is InChI=1S/C24H21NO5S/c1-25(17-24(27)28)31(29,30)22-14-12-21(13-15-22)23(26)16-9-18-7-10-20(11-8-18)19-5-3-2-4-6-19/h2-16H,17H2,1H3,(H,27,28)/b16-9+. The monoisotopic (exact) mass is 435 g/mol. The Labute approximate surface area is 181 Å². The van der Waals surface area contributed by atoms with E-state index in [4.69, 9.17) is 5.11 Å². The minimum Gasteiger partial charge on any atom is -0.480 e. The molecule has 0 aliphatic rings. The average molecular weight is 436 g/mol. The van der Waals surface area contributed by atoms with Crippen molar-refractivity contribution in [2.24, 2.45) is 0 Å². The number of ketones is 1. The number of nitrogens with zero attached hydrogens (tertiary/aromatic N) is 1. The molecule has 6 nitrogen and oxygen atoms in total. The lowest BCUT2D eigenvalue weighted by Gasteiger charge is -2.14. The molecule has 0 aliphatic carbocycles. The van der Waals surface area contributed by atoms with Crippen LogP contribution in [0.15, 0.2) is 89.8 Å². The number of likely N-dealkylation sites (N-methyl/N-ethyl adjacent to an activating group) is 1. The van der Waals surface area contributed by atoms with Crippen molar-refractivity contribution in [3.05, 3.63) is 96.1 Å². The van der Waals surface area contributed by atoms with Crippen molar-refractivity contribution in [1.82, 2.24) is 4.31 Å². The Morgan fingerprint density at radius 3 is 2.03 bits per heavy atom. The van der Waals surface area contributed by atoms with E-state index in [1.165, 1.54) is 37.4 Å². The molecule has 0 aromatic heterocycles. The highest BCUT2D eigenvalue weighted by atomic mass is 32.2. The summed E-state index contributed by atoms with van der Waals surface area (Å²) in [4.78, 5) is 23.1. The van der Waals surface area contributed by atoms with Crippen molar-refractivity contribution in [1.29, 1.82) is 0 Å². The smallest absolute Gasteiger partial charge is 0.318 e. The van der Waals surface area contributed by atoms with E-state index in [0.717, 1.165) is 21.0 Å². The summed E-state index contributed by atoms with van der Waals surface area (Å²) in [6.45, 7) is -0.644. The fraction of sp³-hybridized carbons (Fsp3) is 0.0833. The largest absolute Gasteiger partial charge is 0.480 e. The minimum atomic E-state index is -3.94. The molecule has 0 amide bonds. The molecule has 3 rings (SSSR count). The highest BCUT2D eigenvalue weighted by Gasteiger charge is 2.22. The number of allylic oxidation sites excluding steroid dienone is 1. The molecule has 0 aliphatic heterocycles. The van der Waals surface area contributed by atoms with Crippen LogP contribution in [0.3, 0.4) is 0 Å². The summed E-state index contributed by atoms with van der Waals surface area (Å²) in [6, 6.07) is 23.2. The van der Waals surface area contributed by atoms with Gasteiger partial charge in [0.05, 0.1) is 4.90 Å². The molecule has 0 fully saturated rings. The molecule has 0 heterocycles. The lowest BCUT2D eigenvalue weighted by molar-refractivity contribution is -0.137. The molecule has 31 heavy (non-hydrogen) atoms. The maximum absolute atomic E-state index is 12.4. The Morgan fingerprint density at radius 1 is 0.871 bits per heavy atom. The van der Waals surface area contributed by atoms with E-state index < -0.39 is 22.5 Å². The summed E-state index contributed by atoms with van der Waals surface area (Å²) in [5, 5.41) is 8.78. The Bertz CT molecular complexity index is 1200. The second-order valence-electron chi connectivity index (χ2n) is 6.86. The minimum absolute atomic E-state index is 0.0757. The summed E-state index contributed by atoms with van der Waals surface area (Å²) in [5.74, 6) is -1.52. The molecular weight excluding hydrogens is 414 g/mol. The van der Waals surface area contributed by atoms with Crippen LogP contribution in [0.25, 0.3) is 17.2 Å². The topological polar surface area (TPSA) is 91.8 Å². The third kappa shape index (κ3) is 5.53. The average Bonchev–Trinajstić information content (AvgIpc) is 2.78. The number of carbonyl (C=O) groups excluding carboxylic acids is 1. The molecule has 158 valence electrons. The zero-order valence-corrected chi connectivity index (χ0v) is 17.6. The molecular formula is C24H21NO5S. The van der Waals surface area contributed by atoms with Gasteiger partial charge >= 0.3 is 5.97 Å². The molecule has 0 atom stereocenters. The van der Waals surface area contributed by atoms with Gasteiger partial charge in [0, 0.05) is 12.6 Å². The molecule has 0 radical (unpaired) electrons. The zero-order valence-electron chi connectivity index (χ0n) is 16.8. The van der Waals surface area contributed by atoms with Gasteiger partial charge in [0.2, 0.25) is 10.0 Å². The summed E-state index contributed by atoms with van der Waals surface area (Å²) in [6.07, 6.45) is 3.12. The van der Waals surface area contributed by atoms with Gasteiger partial charge < -0.3 is 5.11 Å². The first kappa shape index (κ1) is 22.1. The van der Waals surface area contributed by atoms with Crippen molar-refractivity contribution >= 4 is 27.9 Å². The van der Waals surface area contributed by atoms with Crippen LogP contribution in [0.5, 0.6) is 0 Å². The maximum atomic E-state index is 12.4. The van der Waals surface area contributed by atoms with Gasteiger partial charge in [0.1, 0.15) is 6.54 Å². The Kier molecular flexibility index (Phi) is 6.79. The molecule has 0 saturated carbocycles. The molecule has 0 spiro atoms. The van der Waals surface area contributed by atoms with Crippen LogP contribution < -0.4 is 0 Å². The number of carboxylic acids is 1. The zero-order chi connectivity index (χ0) is 22.4. The summed E-state index contributed by atoms with van der Waals surface area (Å²) < 4.78 is 25.4. The third-order valence-corrected chi connectivity index (χ3v) is 6.47. The van der Waals surface area contributed by atoms with Crippen LogP contribution in [-0.4, -0.2) is 43.2 Å². The van der Waals surface area contributed by atoms with Crippen LogP contribution in [0.1, 0.15) is 15.9 Å². The molecule has 1 N–H and O–H groups in total. The van der Waals surface area contributed by atoms with E-state index in [-0.39, 0.29) is 10.7 Å². The van der Waals surface area contributed by atoms with E-state index >= 15 is 0 Å². The highest BCUT2D eigenvalue weighted by molar-refractivity contribution is 7.89. The van der Waals surface area contributed by atoms with Gasteiger partial charge in [-0.15, -0.1) is 0 Å². The number of aliphatic carboxylic acids is 1. The second-order valence-corrected chi connectivity index (χ2v) is 8.91. The SMILES string of the molecule is CN(CC(=O)O)S(=O)(=O)c1ccc(C(=O)/C=C/c2ccc(-c3ccccc3)cc2)cc1. The first-order chi connectivity index (χ1) is 14.8. The van der Waals surface area contributed by atoms with Gasteiger partial charge in [-0.1, -0.05) is 60.7 Å². The molecule has 3 aromatic rings. The van der Waals surface area contributed by atoms with Crippen molar-refractivity contribution in [2.75, 3.05) is 13.6 Å². The lowest BCUT2D eigenvalue weighted by Crippen LogP contribution is -2.32. The number of carbonyl (C=O) groups is 2. The molecule has 3 aromatic carbocycles. The number of benzene rings is 3. The number of hydrogen-bond donors (Lipinski definition) is 1. The summed E-state index contributed by atoms with van der Waals surface area (Å²) in [5.41, 5.74) is 3.38. The van der Waals surface area contributed by atoms with Crippen molar-refractivity contribution in [3.63, 3.8) is 0 Å². The van der Waals surface area contributed by atoms with Gasteiger partial charge in [-0.25, -0.2) is 8.42 Å². The van der Waals surface area contributed by atoms with Crippen molar-refractivity contribution < 1.29 is 23.1 Å². The fourth-order valence-electron chi connectivity index (χ4n) is 2.93. The fourth-order valence-corrected chi connectivity index (χ4v) is 4.05. The van der Waals surface area contributed by atoms with Crippen molar-refractivity contribution in [3.8, 4) is 11.1 Å². The van der Waals surface area contributed by atoms with E-state index in [2.05, 4.69) is 0 Å². The predicted octanol–water partition coefficient (Wildman–Crippen LogP) is 3.95. The second kappa shape index (κ2) is 9.51. The Morgan fingerprint density at radius 2 is 1.45 bits per heavy atom. The van der Waals surface area contributed by atoms with Crippen LogP contribution in [0, 0.1) is 0 Å². The van der Waals surface area contributed by atoms with Crippen LogP contribution in [-0.2, 0) is 14.8 Å². The van der Waals surface area contributed by atoms with Gasteiger partial charge in [-0.3, -0.25) is 9.59 Å². The van der Waals surface area contributed by atoms with Gasteiger partial charge in [-0.2, -0.15) is 4.31 Å². The summed E-state index contributed by atoms with van der Waals surface area (Å²) in [7, 11) is -2.75. The maximum Gasteiger partial charge on any atom is 0.318 e. The van der Waals surface area contributed by atoms with Gasteiger partial charge in [-0.05, 0) is 47.0 Å². The molecule has 0 saturated heterocycles. The van der Waals surface area contributed by atoms with E-state index in [1.807, 2.05) is 54.6 Å². The normalized spacial score (nSPS) is 11.7. The first-order valence-corrected chi connectivity index (χ1v) is 10.9. The van der Waals surface area contributed by atoms with E-state index in [1.54, 1.807) is 6.08 Å². The predicted molar refractivity (Wildman–Crippen MR) is 119 cm³/mol. The lowest BCUT2D eigenvalue weighted by atomic mass is 10.0. The number of rotatable bonds is 8. The number of carboxylic acid groups (broad SMARTS) is 1. The van der Waals surface area contributed by atoms with Crippen LogP contribution >= 0.6 is 0 Å². The third-order valence-electron chi connectivity index (χ3n) is 4.65. The number of sulfonamides is 1. The Hall–Kier alpha value is -3.55. The molecule has 7 heteroatoms. The quantitative estimate of drug-likeness (QED) is 0.427. The first-order valence-electron chi connectivity index (χ1n) is 9.43. The van der Waals surface area contributed by atoms with Crippen molar-refractivity contribution in [2.45, 2.75) is 4.90 Å². The highest BCUT2D eigenvalue weighted by Crippen LogP contribution is 2.20. The Balaban J connectivity index is 1.69.